The average molecular weight is 1060 g/mol. The largest absolute Gasteiger partial charge is 0.507 e. The monoisotopic (exact) mass is 1060 g/mol. The second kappa shape index (κ2) is 19.5. The van der Waals surface area contributed by atoms with Crippen molar-refractivity contribution in [2.24, 2.45) is 20.5 Å². The summed E-state index contributed by atoms with van der Waals surface area (Å²) in [6, 6.07) is 15.2. The first kappa shape index (κ1) is 51.1. The molecule has 32 heteroatoms. The molecule has 0 atom stereocenters. The van der Waals surface area contributed by atoms with Crippen LogP contribution in [0.25, 0.3) is 21.5 Å². The fourth-order valence-electron chi connectivity index (χ4n) is 6.74. The molecule has 0 bridgehead atoms. The number of fused-ring (bicyclic) bond motifs is 2. The van der Waals surface area contributed by atoms with E-state index in [1.165, 1.54) is 41.3 Å². The number of rotatable bonds is 17. The maximum atomic E-state index is 12.7. The number of hydrogen-bond acceptors (Lipinski definition) is 24. The van der Waals surface area contributed by atoms with Gasteiger partial charge in [0.2, 0.25) is 17.8 Å². The van der Waals surface area contributed by atoms with Crippen molar-refractivity contribution in [3.63, 3.8) is 0 Å². The summed E-state index contributed by atoms with van der Waals surface area (Å²) < 4.78 is 137. The molecule has 71 heavy (non-hydrogen) atoms. The highest BCUT2D eigenvalue weighted by Crippen LogP contribution is 2.43. The molecular weight excluding hydrogens is 1020 g/mol. The smallest absolute Gasteiger partial charge is 0.296 e. The molecule has 0 saturated carbocycles. The van der Waals surface area contributed by atoms with Gasteiger partial charge >= 0.3 is 0 Å². The molecule has 7 aromatic rings. The molecule has 0 radical (unpaired) electrons. The molecule has 7 rings (SSSR count). The Balaban J connectivity index is 1.24. The first-order valence-electron chi connectivity index (χ1n) is 19.6. The van der Waals surface area contributed by atoms with E-state index in [1.807, 2.05) is 0 Å². The van der Waals surface area contributed by atoms with Crippen molar-refractivity contribution in [3.8, 4) is 11.5 Å². The minimum atomic E-state index is -5.11. The third-order valence-corrected chi connectivity index (χ3v) is 13.3. The fraction of sp³-hybridized carbons (Fsp3) is 0.103. The van der Waals surface area contributed by atoms with Gasteiger partial charge in [-0.1, -0.05) is 12.1 Å². The molecule has 28 nitrogen and oxygen atoms in total. The second-order valence-corrected chi connectivity index (χ2v) is 20.3. The van der Waals surface area contributed by atoms with Crippen LogP contribution >= 0.6 is 0 Å². The van der Waals surface area contributed by atoms with Crippen LogP contribution in [0.3, 0.4) is 0 Å². The topological polar surface area (TPSA) is 466 Å². The maximum Gasteiger partial charge on any atom is 0.296 e. The van der Waals surface area contributed by atoms with Gasteiger partial charge in [-0.25, -0.2) is 0 Å². The summed E-state index contributed by atoms with van der Waals surface area (Å²) in [6.07, 6.45) is 0. The highest BCUT2D eigenvalue weighted by atomic mass is 32.2. The zero-order chi connectivity index (χ0) is 51.8. The van der Waals surface area contributed by atoms with Gasteiger partial charge in [-0.3, -0.25) is 18.2 Å². The van der Waals surface area contributed by atoms with Crippen molar-refractivity contribution in [1.82, 2.24) is 15.0 Å². The number of aromatic hydroxyl groups is 2. The van der Waals surface area contributed by atoms with Crippen LogP contribution in [-0.2, 0) is 40.5 Å². The van der Waals surface area contributed by atoms with Gasteiger partial charge in [0.15, 0.2) is 0 Å². The molecule has 14 N–H and O–H groups in total. The first-order valence-corrected chi connectivity index (χ1v) is 25.4. The van der Waals surface area contributed by atoms with Gasteiger partial charge < -0.3 is 47.4 Å². The Morgan fingerprint density at radius 1 is 0.507 bits per heavy atom. The summed E-state index contributed by atoms with van der Waals surface area (Å²) in [5.74, 6) is -2.26. The number of nitrogens with two attached hydrogens (primary N) is 2. The number of nitrogens with one attached hydrogen (secondary N) is 2. The summed E-state index contributed by atoms with van der Waals surface area (Å²) in [6.45, 7) is -1.18. The van der Waals surface area contributed by atoms with Crippen molar-refractivity contribution in [3.05, 3.63) is 84.9 Å². The van der Waals surface area contributed by atoms with E-state index in [9.17, 15) is 72.3 Å². The molecule has 6 aromatic carbocycles. The van der Waals surface area contributed by atoms with Gasteiger partial charge in [-0.15, -0.1) is 20.5 Å². The van der Waals surface area contributed by atoms with Crippen LogP contribution in [0.1, 0.15) is 0 Å². The van der Waals surface area contributed by atoms with Crippen molar-refractivity contribution >= 4 is 125 Å². The van der Waals surface area contributed by atoms with E-state index < -0.39 is 96.1 Å². The predicted molar refractivity (Wildman–Crippen MR) is 253 cm³/mol. The second-order valence-electron chi connectivity index (χ2n) is 14.7. The number of phenolic OH excluding ortho intramolecular Hbond substituents is 2. The lowest BCUT2D eigenvalue weighted by Crippen LogP contribution is -2.31. The van der Waals surface area contributed by atoms with Crippen LogP contribution in [0.5, 0.6) is 11.5 Å². The Kier molecular flexibility index (Phi) is 14.1. The molecule has 0 aliphatic heterocycles. The molecule has 1 aromatic heterocycles. The summed E-state index contributed by atoms with van der Waals surface area (Å²) in [7, 11) is -19.7. The van der Waals surface area contributed by atoms with E-state index in [2.05, 4.69) is 46.0 Å². The molecule has 0 fully saturated rings. The number of benzene rings is 6. The number of azo groups is 2. The van der Waals surface area contributed by atoms with Gasteiger partial charge in [0.25, 0.3) is 40.5 Å². The number of nitrogens with zero attached hydrogens (tertiary/aromatic N) is 8. The van der Waals surface area contributed by atoms with E-state index in [1.54, 1.807) is 0 Å². The van der Waals surface area contributed by atoms with E-state index in [0.717, 1.165) is 48.5 Å². The lowest BCUT2D eigenvalue weighted by atomic mass is 10.1. The average Bonchev–Trinajstić information content (AvgIpc) is 3.27. The number of hydrogen-bond donors (Lipinski definition) is 12. The van der Waals surface area contributed by atoms with Crippen molar-refractivity contribution in [2.45, 2.75) is 19.6 Å². The molecule has 0 spiro atoms. The molecule has 372 valence electrons. The zero-order valence-electron chi connectivity index (χ0n) is 35.6. The van der Waals surface area contributed by atoms with E-state index in [4.69, 9.17) is 11.5 Å². The Labute approximate surface area is 400 Å². The SMILES string of the molecule is Nc1ccc2cc(S(=O)(=O)O)cc(O)c2c1N=Nc1ccc(Nc2nc(Nc3ccc(N=Nc4c(N)ccc5cc(S(=O)(=O)O)cc(O)c45)c(S(=O)(=O)O)c3)nc(N(CCO)CCO)n2)cc1S(=O)(=O)O. The van der Waals surface area contributed by atoms with Crippen molar-refractivity contribution < 1.29 is 72.3 Å². The summed E-state index contributed by atoms with van der Waals surface area (Å²) in [4.78, 5) is 11.2. The van der Waals surface area contributed by atoms with Crippen molar-refractivity contribution in [2.75, 3.05) is 53.3 Å². The van der Waals surface area contributed by atoms with Gasteiger partial charge in [-0.2, -0.15) is 48.6 Å². The van der Waals surface area contributed by atoms with Gasteiger partial charge in [0.1, 0.15) is 44.0 Å². The molecule has 1 heterocycles. The third-order valence-electron chi connectivity index (χ3n) is 9.89. The summed E-state index contributed by atoms with van der Waals surface area (Å²) in [5, 5.41) is 62.0. The van der Waals surface area contributed by atoms with Gasteiger partial charge in [-0.05, 0) is 71.4 Å². The van der Waals surface area contributed by atoms with E-state index in [-0.39, 0.29) is 86.6 Å². The molecule has 0 aliphatic rings. The van der Waals surface area contributed by atoms with Crippen LogP contribution in [0.2, 0.25) is 0 Å². The molecule has 0 saturated heterocycles. The first-order chi connectivity index (χ1) is 33.2. The van der Waals surface area contributed by atoms with Gasteiger partial charge in [0.05, 0.1) is 45.2 Å². The Morgan fingerprint density at radius 2 is 0.901 bits per heavy atom. The number of anilines is 7. The number of aliphatic hydroxyl groups excluding tert-OH is 2. The van der Waals surface area contributed by atoms with Gasteiger partial charge in [0, 0.05) is 36.6 Å². The summed E-state index contributed by atoms with van der Waals surface area (Å²) >= 11 is 0. The lowest BCUT2D eigenvalue weighted by Gasteiger charge is -2.21. The molecule has 0 unspecified atom stereocenters. The molecular formula is C39H36N12O16S4. The standard InChI is InChI=1S/C39H36N12O16S4/c40-25-5-1-19-13-23(68(56,57)58)17-29(54)33(19)35(25)49-47-27-7-3-21(15-31(27)70(62,63)64)42-37-44-38(46-39(45-37)51(9-11-52)10-12-53)43-22-4-8-28(32(16-22)71(65,66)67)48-50-36-26(41)6-2-20-14-24(69(59,60)61)18-30(55)34(20)36/h1-8,13-18,52-55H,9-12,40-41H2,(H,56,57,58)(H,59,60,61)(H,62,63,64)(H,65,66,67)(H2,42,43,44,45,46). The predicted octanol–water partition coefficient (Wildman–Crippen LogP) is 4.85. The highest BCUT2D eigenvalue weighted by molar-refractivity contribution is 7.86. The summed E-state index contributed by atoms with van der Waals surface area (Å²) in [5.41, 5.74) is 10.3. The van der Waals surface area contributed by atoms with E-state index >= 15 is 0 Å². The normalized spacial score (nSPS) is 12.6. The van der Waals surface area contributed by atoms with Crippen molar-refractivity contribution in [1.29, 1.82) is 0 Å². The number of aliphatic hydroxyl groups is 2. The van der Waals surface area contributed by atoms with Crippen LogP contribution in [0.15, 0.2) is 125 Å². The highest BCUT2D eigenvalue weighted by Gasteiger charge is 2.23. The number of nitrogen functional groups attached to an aromatic ring is 2. The quantitative estimate of drug-likeness (QED) is 0.0329. The zero-order valence-corrected chi connectivity index (χ0v) is 38.9. The van der Waals surface area contributed by atoms with Crippen LogP contribution in [0.4, 0.5) is 63.3 Å². The Hall–Kier alpha value is -7.79. The Morgan fingerprint density at radius 3 is 1.25 bits per heavy atom. The van der Waals surface area contributed by atoms with E-state index in [0.29, 0.717) is 0 Å². The fourth-order valence-corrected chi connectivity index (χ4v) is 9.11. The maximum absolute atomic E-state index is 12.7. The van der Waals surface area contributed by atoms with Crippen LogP contribution in [0, 0.1) is 0 Å². The minimum absolute atomic E-state index is 0.0469. The third kappa shape index (κ3) is 11.5. The minimum Gasteiger partial charge on any atom is -0.507 e. The molecule has 0 aliphatic carbocycles. The Bertz CT molecular complexity index is 3590. The number of phenols is 2. The lowest BCUT2D eigenvalue weighted by molar-refractivity contribution is 0.280. The molecule has 0 amide bonds. The van der Waals surface area contributed by atoms with Crippen LogP contribution < -0.4 is 27.0 Å². The number of aromatic nitrogens is 3. The van der Waals surface area contributed by atoms with Crippen LogP contribution in [-0.4, -0.2) is 114 Å².